The molecular formula is C19H27ClF2N2O2S. The number of carbonyl (C=O) groups is 1. The highest BCUT2D eigenvalue weighted by molar-refractivity contribution is 7.12. The fourth-order valence-electron chi connectivity index (χ4n) is 4.02. The van der Waals surface area contributed by atoms with Crippen LogP contribution in [0.15, 0.2) is 11.4 Å². The standard InChI is InChI=1S/C19H26F2N2O2S.ClH/c20-19(21)5-1-13(2-6-19)23-18(24)17-9-12(11-26-17)15-10-16(15)22-14-3-7-25-8-4-14;/h9,11,13-16,22H,1-8,10H2,(H,23,24);1H. The second kappa shape index (κ2) is 8.72. The fraction of sp³-hybridized carbons (Fsp3) is 0.737. The summed E-state index contributed by atoms with van der Waals surface area (Å²) in [4.78, 5) is 13.1. The Labute approximate surface area is 168 Å². The Morgan fingerprint density at radius 2 is 1.85 bits per heavy atom. The number of ether oxygens (including phenoxy) is 1. The molecule has 152 valence electrons. The van der Waals surface area contributed by atoms with Crippen LogP contribution in [0.25, 0.3) is 0 Å². The largest absolute Gasteiger partial charge is 0.381 e. The van der Waals surface area contributed by atoms with Crippen molar-refractivity contribution in [3.8, 4) is 0 Å². The van der Waals surface area contributed by atoms with Crippen molar-refractivity contribution in [1.82, 2.24) is 10.6 Å². The molecule has 2 atom stereocenters. The Morgan fingerprint density at radius 1 is 1.15 bits per heavy atom. The summed E-state index contributed by atoms with van der Waals surface area (Å²) in [5.74, 6) is -2.19. The molecule has 0 bridgehead atoms. The van der Waals surface area contributed by atoms with Crippen LogP contribution in [0.5, 0.6) is 0 Å². The molecule has 2 saturated carbocycles. The minimum atomic E-state index is -2.56. The molecule has 27 heavy (non-hydrogen) atoms. The molecule has 8 heteroatoms. The van der Waals surface area contributed by atoms with Crippen molar-refractivity contribution in [2.45, 2.75) is 74.9 Å². The van der Waals surface area contributed by atoms with Crippen LogP contribution in [-0.4, -0.2) is 43.2 Å². The third kappa shape index (κ3) is 5.40. The molecule has 3 aliphatic rings. The van der Waals surface area contributed by atoms with Gasteiger partial charge in [-0.1, -0.05) is 0 Å². The number of alkyl halides is 2. The van der Waals surface area contributed by atoms with E-state index in [1.54, 1.807) is 0 Å². The van der Waals surface area contributed by atoms with Crippen LogP contribution in [-0.2, 0) is 4.74 Å². The van der Waals surface area contributed by atoms with E-state index < -0.39 is 5.92 Å². The van der Waals surface area contributed by atoms with E-state index in [1.807, 2.05) is 6.07 Å². The highest BCUT2D eigenvalue weighted by Crippen LogP contribution is 2.43. The highest BCUT2D eigenvalue weighted by atomic mass is 35.5. The second-order valence-corrected chi connectivity index (χ2v) is 8.76. The molecular weight excluding hydrogens is 394 g/mol. The van der Waals surface area contributed by atoms with E-state index in [4.69, 9.17) is 4.74 Å². The van der Waals surface area contributed by atoms with Crippen LogP contribution in [0.2, 0.25) is 0 Å². The van der Waals surface area contributed by atoms with E-state index in [-0.39, 0.29) is 37.2 Å². The summed E-state index contributed by atoms with van der Waals surface area (Å²) in [7, 11) is 0. The maximum absolute atomic E-state index is 13.2. The van der Waals surface area contributed by atoms with Gasteiger partial charge in [-0.05, 0) is 49.1 Å². The van der Waals surface area contributed by atoms with E-state index in [1.165, 1.54) is 16.9 Å². The van der Waals surface area contributed by atoms with Gasteiger partial charge in [-0.25, -0.2) is 8.78 Å². The Hall–Kier alpha value is -0.760. The molecule has 2 N–H and O–H groups in total. The van der Waals surface area contributed by atoms with Crippen molar-refractivity contribution in [3.63, 3.8) is 0 Å². The van der Waals surface area contributed by atoms with Crippen molar-refractivity contribution in [2.75, 3.05) is 13.2 Å². The Kier molecular flexibility index (Phi) is 6.77. The third-order valence-electron chi connectivity index (χ3n) is 5.79. The average Bonchev–Trinajstić information content (AvgIpc) is 3.20. The lowest BCUT2D eigenvalue weighted by molar-refractivity contribution is -0.0399. The molecule has 4 rings (SSSR count). The van der Waals surface area contributed by atoms with E-state index >= 15 is 0 Å². The van der Waals surface area contributed by atoms with Crippen LogP contribution in [0, 0.1) is 0 Å². The first-order valence-corrected chi connectivity index (χ1v) is 10.5. The fourth-order valence-corrected chi connectivity index (χ4v) is 4.90. The molecule has 1 aromatic rings. The van der Waals surface area contributed by atoms with E-state index in [0.717, 1.165) is 32.5 Å². The quantitative estimate of drug-likeness (QED) is 0.753. The van der Waals surface area contributed by atoms with Gasteiger partial charge in [0, 0.05) is 50.1 Å². The van der Waals surface area contributed by atoms with Gasteiger partial charge in [-0.15, -0.1) is 23.7 Å². The van der Waals surface area contributed by atoms with Crippen LogP contribution < -0.4 is 10.6 Å². The predicted octanol–water partition coefficient (Wildman–Crippen LogP) is 4.10. The minimum Gasteiger partial charge on any atom is -0.381 e. The molecule has 4 nitrogen and oxygen atoms in total. The smallest absolute Gasteiger partial charge is 0.261 e. The molecule has 2 heterocycles. The number of halogens is 3. The summed E-state index contributed by atoms with van der Waals surface area (Å²) in [6.07, 6.45) is 3.71. The maximum Gasteiger partial charge on any atom is 0.261 e. The lowest BCUT2D eigenvalue weighted by Crippen LogP contribution is -2.40. The van der Waals surface area contributed by atoms with Crippen molar-refractivity contribution in [3.05, 3.63) is 21.9 Å². The van der Waals surface area contributed by atoms with Crippen LogP contribution in [0.1, 0.15) is 66.1 Å². The average molecular weight is 421 g/mol. The molecule has 2 aliphatic carbocycles. The summed E-state index contributed by atoms with van der Waals surface area (Å²) < 4.78 is 31.8. The van der Waals surface area contributed by atoms with Gasteiger partial charge >= 0.3 is 0 Å². The van der Waals surface area contributed by atoms with Gasteiger partial charge in [-0.3, -0.25) is 4.79 Å². The van der Waals surface area contributed by atoms with Crippen molar-refractivity contribution >= 4 is 29.7 Å². The molecule has 2 unspecified atom stereocenters. The zero-order valence-corrected chi connectivity index (χ0v) is 16.8. The normalized spacial score (nSPS) is 28.4. The van der Waals surface area contributed by atoms with Crippen LogP contribution in [0.3, 0.4) is 0 Å². The summed E-state index contributed by atoms with van der Waals surface area (Å²) in [5, 5.41) is 8.71. The van der Waals surface area contributed by atoms with Crippen molar-refractivity contribution in [2.24, 2.45) is 0 Å². The Balaban J connectivity index is 0.00000210. The second-order valence-electron chi connectivity index (χ2n) is 7.85. The summed E-state index contributed by atoms with van der Waals surface area (Å²) in [5.41, 5.74) is 1.22. The molecule has 1 aliphatic heterocycles. The molecule has 1 aromatic heterocycles. The molecule has 1 saturated heterocycles. The lowest BCUT2D eigenvalue weighted by Gasteiger charge is -2.28. The molecule has 0 aromatic carbocycles. The van der Waals surface area contributed by atoms with Gasteiger partial charge in [0.05, 0.1) is 4.88 Å². The monoisotopic (exact) mass is 420 g/mol. The Bertz CT molecular complexity index is 641. The zero-order valence-electron chi connectivity index (χ0n) is 15.2. The minimum absolute atomic E-state index is 0. The number of carbonyl (C=O) groups excluding carboxylic acids is 1. The number of nitrogens with one attached hydrogen (secondary N) is 2. The lowest BCUT2D eigenvalue weighted by atomic mass is 9.92. The number of hydrogen-bond acceptors (Lipinski definition) is 4. The SMILES string of the molecule is Cl.O=C(NC1CCC(F)(F)CC1)c1cc(C2CC2NC2CCOCC2)cs1. The highest BCUT2D eigenvalue weighted by Gasteiger charge is 2.40. The van der Waals surface area contributed by atoms with Gasteiger partial charge in [0.25, 0.3) is 5.91 Å². The first kappa shape index (κ1) is 21.0. The van der Waals surface area contributed by atoms with Crippen LogP contribution in [0.4, 0.5) is 8.78 Å². The summed E-state index contributed by atoms with van der Waals surface area (Å²) in [6, 6.07) is 2.90. The number of hydrogen-bond donors (Lipinski definition) is 2. The van der Waals surface area contributed by atoms with Gasteiger partial charge in [0.2, 0.25) is 5.92 Å². The third-order valence-corrected chi connectivity index (χ3v) is 6.73. The summed E-state index contributed by atoms with van der Waals surface area (Å²) in [6.45, 7) is 1.68. The zero-order chi connectivity index (χ0) is 18.1. The molecule has 1 amide bonds. The molecule has 0 radical (unpaired) electrons. The maximum atomic E-state index is 13.2. The first-order chi connectivity index (χ1) is 12.5. The number of rotatable bonds is 5. The van der Waals surface area contributed by atoms with Crippen LogP contribution >= 0.6 is 23.7 Å². The Morgan fingerprint density at radius 3 is 2.56 bits per heavy atom. The molecule has 0 spiro atoms. The van der Waals surface area contributed by atoms with Gasteiger partial charge in [0.1, 0.15) is 0 Å². The first-order valence-electron chi connectivity index (χ1n) is 9.61. The van der Waals surface area contributed by atoms with E-state index in [0.29, 0.717) is 35.7 Å². The van der Waals surface area contributed by atoms with Gasteiger partial charge in [-0.2, -0.15) is 0 Å². The number of amides is 1. The topological polar surface area (TPSA) is 50.4 Å². The van der Waals surface area contributed by atoms with Gasteiger partial charge < -0.3 is 15.4 Å². The van der Waals surface area contributed by atoms with E-state index in [2.05, 4.69) is 16.0 Å². The van der Waals surface area contributed by atoms with Crippen molar-refractivity contribution < 1.29 is 18.3 Å². The molecule has 3 fully saturated rings. The van der Waals surface area contributed by atoms with E-state index in [9.17, 15) is 13.6 Å². The summed E-state index contributed by atoms with van der Waals surface area (Å²) >= 11 is 1.45. The van der Waals surface area contributed by atoms with Crippen molar-refractivity contribution in [1.29, 1.82) is 0 Å². The number of thiophene rings is 1. The predicted molar refractivity (Wildman–Crippen MR) is 104 cm³/mol. The van der Waals surface area contributed by atoms with Gasteiger partial charge in [0.15, 0.2) is 0 Å².